The highest BCUT2D eigenvalue weighted by molar-refractivity contribution is 6.04. The highest BCUT2D eigenvalue weighted by atomic mass is 16.5. The van der Waals surface area contributed by atoms with Crippen molar-refractivity contribution in [3.8, 4) is 17.2 Å². The lowest BCUT2D eigenvalue weighted by molar-refractivity contribution is 0.0764. The van der Waals surface area contributed by atoms with Crippen LogP contribution < -0.4 is 9.47 Å². The van der Waals surface area contributed by atoms with Crippen molar-refractivity contribution in [3.63, 3.8) is 0 Å². The van der Waals surface area contributed by atoms with E-state index in [1.165, 1.54) is 5.56 Å². The van der Waals surface area contributed by atoms with Gasteiger partial charge < -0.3 is 19.3 Å². The van der Waals surface area contributed by atoms with Crippen molar-refractivity contribution < 1.29 is 14.3 Å². The Bertz CT molecular complexity index is 1290. The minimum absolute atomic E-state index is 0.0609. The third kappa shape index (κ3) is 4.68. The van der Waals surface area contributed by atoms with Gasteiger partial charge in [-0.25, -0.2) is 4.99 Å². The van der Waals surface area contributed by atoms with Gasteiger partial charge >= 0.3 is 0 Å². The number of hydrogen-bond acceptors (Lipinski definition) is 5. The topological polar surface area (TPSA) is 54.4 Å². The van der Waals surface area contributed by atoms with E-state index in [4.69, 9.17) is 14.5 Å². The van der Waals surface area contributed by atoms with Crippen LogP contribution in [0.1, 0.15) is 48.7 Å². The van der Waals surface area contributed by atoms with E-state index in [0.717, 1.165) is 35.6 Å². The summed E-state index contributed by atoms with van der Waals surface area (Å²) in [6.07, 6.45) is 0.854. The van der Waals surface area contributed by atoms with Gasteiger partial charge in [0.2, 0.25) is 0 Å². The average Bonchev–Trinajstić information content (AvgIpc) is 3.22. The Morgan fingerprint density at radius 3 is 2.44 bits per heavy atom. The molecule has 6 nitrogen and oxygen atoms in total. The second kappa shape index (κ2) is 9.69. The SMILES string of the molecule is COc1cccc2c1Oc1ccccc1N=C2N1CCCN(C(=O)c2ccc(C(C)(C)C)cc2)CC1. The second-order valence-electron chi connectivity index (χ2n) is 10.3. The molecule has 36 heavy (non-hydrogen) atoms. The maximum Gasteiger partial charge on any atom is 0.253 e. The number of para-hydroxylation sites is 3. The van der Waals surface area contributed by atoms with Crippen molar-refractivity contribution in [3.05, 3.63) is 83.4 Å². The van der Waals surface area contributed by atoms with E-state index in [0.29, 0.717) is 36.9 Å². The van der Waals surface area contributed by atoms with Gasteiger partial charge in [0.1, 0.15) is 11.5 Å². The van der Waals surface area contributed by atoms with Crippen molar-refractivity contribution in [2.24, 2.45) is 4.99 Å². The largest absolute Gasteiger partial charge is 0.493 e. The molecule has 0 aliphatic carbocycles. The van der Waals surface area contributed by atoms with Crippen LogP contribution in [0.2, 0.25) is 0 Å². The molecule has 0 aromatic heterocycles. The molecular weight excluding hydrogens is 450 g/mol. The highest BCUT2D eigenvalue weighted by Gasteiger charge is 2.28. The summed E-state index contributed by atoms with van der Waals surface area (Å²) >= 11 is 0. The maximum atomic E-state index is 13.3. The van der Waals surface area contributed by atoms with Crippen LogP contribution >= 0.6 is 0 Å². The number of benzene rings is 3. The summed E-state index contributed by atoms with van der Waals surface area (Å²) in [5.74, 6) is 2.96. The van der Waals surface area contributed by atoms with Crippen LogP contribution in [0.3, 0.4) is 0 Å². The van der Waals surface area contributed by atoms with Gasteiger partial charge in [-0.15, -0.1) is 0 Å². The first-order valence-electron chi connectivity index (χ1n) is 12.5. The highest BCUT2D eigenvalue weighted by Crippen LogP contribution is 2.42. The summed E-state index contributed by atoms with van der Waals surface area (Å²) in [7, 11) is 1.65. The Morgan fingerprint density at radius 2 is 1.69 bits per heavy atom. The molecule has 0 unspecified atom stereocenters. The zero-order chi connectivity index (χ0) is 25.3. The van der Waals surface area contributed by atoms with E-state index >= 15 is 0 Å². The smallest absolute Gasteiger partial charge is 0.253 e. The number of aliphatic imine (C=N–C) groups is 1. The van der Waals surface area contributed by atoms with Crippen molar-refractivity contribution in [2.75, 3.05) is 33.3 Å². The molecule has 0 radical (unpaired) electrons. The number of methoxy groups -OCH3 is 1. The third-order valence-corrected chi connectivity index (χ3v) is 6.82. The first-order chi connectivity index (χ1) is 17.3. The standard InChI is InChI=1S/C30H33N3O3/c1-30(2,3)22-15-13-21(14-16-22)29(34)33-18-8-17-32(19-20-33)28-23-9-7-12-26(35-4)27(23)36-25-11-6-5-10-24(25)31-28/h5-7,9-16H,8,17-20H2,1-4H3. The number of amidine groups is 1. The van der Waals surface area contributed by atoms with Gasteiger partial charge in [0, 0.05) is 31.7 Å². The number of carbonyl (C=O) groups excluding carboxylic acids is 1. The van der Waals surface area contributed by atoms with E-state index in [9.17, 15) is 4.79 Å². The fraction of sp³-hybridized carbons (Fsp3) is 0.333. The molecule has 1 amide bonds. The zero-order valence-corrected chi connectivity index (χ0v) is 21.5. The Hall–Kier alpha value is -3.80. The summed E-state index contributed by atoms with van der Waals surface area (Å²) < 4.78 is 11.9. The van der Waals surface area contributed by atoms with Crippen LogP contribution in [-0.2, 0) is 5.41 Å². The van der Waals surface area contributed by atoms with E-state index in [1.807, 2.05) is 59.5 Å². The number of amides is 1. The van der Waals surface area contributed by atoms with Gasteiger partial charge in [-0.2, -0.15) is 0 Å². The molecule has 0 atom stereocenters. The van der Waals surface area contributed by atoms with E-state index in [2.05, 4.69) is 37.8 Å². The predicted octanol–water partition coefficient (Wildman–Crippen LogP) is 6.02. The normalized spacial score (nSPS) is 15.6. The molecular formula is C30H33N3O3. The molecule has 0 spiro atoms. The van der Waals surface area contributed by atoms with Crippen LogP contribution in [0.25, 0.3) is 0 Å². The molecule has 6 heteroatoms. The summed E-state index contributed by atoms with van der Waals surface area (Å²) in [6, 6.07) is 21.7. The molecule has 1 saturated heterocycles. The Balaban J connectivity index is 1.41. The monoisotopic (exact) mass is 483 g/mol. The Morgan fingerprint density at radius 1 is 0.917 bits per heavy atom. The van der Waals surface area contributed by atoms with Crippen LogP contribution in [-0.4, -0.2) is 54.8 Å². The van der Waals surface area contributed by atoms with Crippen LogP contribution in [0.15, 0.2) is 71.7 Å². The van der Waals surface area contributed by atoms with Gasteiger partial charge in [-0.05, 0) is 53.8 Å². The molecule has 0 saturated carbocycles. The van der Waals surface area contributed by atoms with Gasteiger partial charge in [0.25, 0.3) is 5.91 Å². The molecule has 2 heterocycles. The molecule has 0 bridgehead atoms. The molecule has 186 valence electrons. The first-order valence-corrected chi connectivity index (χ1v) is 12.5. The number of carbonyl (C=O) groups is 1. The first kappa shape index (κ1) is 23.9. The Kier molecular flexibility index (Phi) is 6.44. The fourth-order valence-corrected chi connectivity index (χ4v) is 4.75. The summed E-state index contributed by atoms with van der Waals surface area (Å²) in [4.78, 5) is 22.6. The average molecular weight is 484 g/mol. The fourth-order valence-electron chi connectivity index (χ4n) is 4.75. The van der Waals surface area contributed by atoms with E-state index in [-0.39, 0.29) is 11.3 Å². The van der Waals surface area contributed by atoms with Crippen molar-refractivity contribution in [2.45, 2.75) is 32.6 Å². The molecule has 5 rings (SSSR count). The van der Waals surface area contributed by atoms with Crippen molar-refractivity contribution in [1.82, 2.24) is 9.80 Å². The lowest BCUT2D eigenvalue weighted by atomic mass is 9.86. The molecule has 3 aromatic rings. The molecule has 1 fully saturated rings. The lowest BCUT2D eigenvalue weighted by Crippen LogP contribution is -2.37. The van der Waals surface area contributed by atoms with Crippen molar-refractivity contribution in [1.29, 1.82) is 0 Å². The van der Waals surface area contributed by atoms with Gasteiger partial charge in [-0.1, -0.05) is 51.1 Å². The van der Waals surface area contributed by atoms with Crippen LogP contribution in [0.5, 0.6) is 17.2 Å². The van der Waals surface area contributed by atoms with Crippen LogP contribution in [0.4, 0.5) is 5.69 Å². The number of nitrogens with zero attached hydrogens (tertiary/aromatic N) is 3. The molecule has 3 aromatic carbocycles. The van der Waals surface area contributed by atoms with E-state index < -0.39 is 0 Å². The third-order valence-electron chi connectivity index (χ3n) is 6.82. The predicted molar refractivity (Wildman–Crippen MR) is 143 cm³/mol. The van der Waals surface area contributed by atoms with Gasteiger partial charge in [-0.3, -0.25) is 4.79 Å². The summed E-state index contributed by atoms with van der Waals surface area (Å²) in [5.41, 5.74) is 3.69. The number of rotatable bonds is 2. The molecule has 0 N–H and O–H groups in total. The summed E-state index contributed by atoms with van der Waals surface area (Å²) in [5, 5.41) is 0. The minimum Gasteiger partial charge on any atom is -0.493 e. The van der Waals surface area contributed by atoms with E-state index in [1.54, 1.807) is 7.11 Å². The quantitative estimate of drug-likeness (QED) is 0.447. The molecule has 2 aliphatic heterocycles. The molecule has 2 aliphatic rings. The van der Waals surface area contributed by atoms with Gasteiger partial charge in [0.15, 0.2) is 17.2 Å². The minimum atomic E-state index is 0.0609. The number of ether oxygens (including phenoxy) is 2. The second-order valence-corrected chi connectivity index (χ2v) is 10.3. The Labute approximate surface area is 213 Å². The van der Waals surface area contributed by atoms with Gasteiger partial charge in [0.05, 0.1) is 12.7 Å². The van der Waals surface area contributed by atoms with Crippen LogP contribution in [0, 0.1) is 0 Å². The number of hydrogen-bond donors (Lipinski definition) is 0. The van der Waals surface area contributed by atoms with Crippen molar-refractivity contribution >= 4 is 17.4 Å². The summed E-state index contributed by atoms with van der Waals surface area (Å²) in [6.45, 7) is 9.36. The number of fused-ring (bicyclic) bond motifs is 2. The zero-order valence-electron chi connectivity index (χ0n) is 21.5. The lowest BCUT2D eigenvalue weighted by Gasteiger charge is -2.26. The maximum absolute atomic E-state index is 13.3.